The SMILES string of the molecule is COc1cc2c(OC[C@@H]3CCC(=O)N3)ncnc2cc1C(=O)O. The second kappa shape index (κ2) is 6.07. The van der Waals surface area contributed by atoms with Gasteiger partial charge < -0.3 is 19.9 Å². The third-order valence-corrected chi connectivity index (χ3v) is 3.66. The van der Waals surface area contributed by atoms with Crippen molar-refractivity contribution < 1.29 is 24.2 Å². The molecule has 8 nitrogen and oxygen atoms in total. The number of nitrogens with one attached hydrogen (secondary N) is 1. The highest BCUT2D eigenvalue weighted by atomic mass is 16.5. The van der Waals surface area contributed by atoms with E-state index in [0.717, 1.165) is 0 Å². The minimum atomic E-state index is -1.10. The van der Waals surface area contributed by atoms with Crippen molar-refractivity contribution in [3.63, 3.8) is 0 Å². The van der Waals surface area contributed by atoms with Crippen LogP contribution >= 0.6 is 0 Å². The molecule has 0 unspecified atom stereocenters. The first kappa shape index (κ1) is 15.0. The van der Waals surface area contributed by atoms with E-state index in [9.17, 15) is 14.7 Å². The quantitative estimate of drug-likeness (QED) is 0.846. The summed E-state index contributed by atoms with van der Waals surface area (Å²) in [5.41, 5.74) is 0.469. The Morgan fingerprint density at radius 1 is 1.43 bits per heavy atom. The second-order valence-corrected chi connectivity index (χ2v) is 5.17. The number of methoxy groups -OCH3 is 1. The lowest BCUT2D eigenvalue weighted by Crippen LogP contribution is -2.31. The number of benzene rings is 1. The minimum absolute atomic E-state index is 0.0129. The Morgan fingerprint density at radius 2 is 2.26 bits per heavy atom. The standard InChI is InChI=1S/C15H15N3O5/c1-22-12-5-9-11(4-10(12)15(20)21)16-7-17-14(9)23-6-8-2-3-13(19)18-8/h4-5,7-8H,2-3,6H2,1H3,(H,18,19)(H,20,21)/t8-/m0/s1. The Bertz CT molecular complexity index is 777. The smallest absolute Gasteiger partial charge is 0.339 e. The van der Waals surface area contributed by atoms with Crippen LogP contribution in [0.15, 0.2) is 18.5 Å². The van der Waals surface area contributed by atoms with Crippen molar-refractivity contribution in [3.8, 4) is 11.6 Å². The number of rotatable bonds is 5. The van der Waals surface area contributed by atoms with E-state index in [1.54, 1.807) is 6.07 Å². The third kappa shape index (κ3) is 3.01. The van der Waals surface area contributed by atoms with Crippen LogP contribution in [0.1, 0.15) is 23.2 Å². The van der Waals surface area contributed by atoms with Gasteiger partial charge >= 0.3 is 5.97 Å². The summed E-state index contributed by atoms with van der Waals surface area (Å²) >= 11 is 0. The lowest BCUT2D eigenvalue weighted by atomic mass is 10.1. The molecule has 0 radical (unpaired) electrons. The predicted octanol–water partition coefficient (Wildman–Crippen LogP) is 0.994. The molecule has 8 heteroatoms. The van der Waals surface area contributed by atoms with E-state index in [0.29, 0.717) is 36.2 Å². The van der Waals surface area contributed by atoms with Gasteiger partial charge in [-0.15, -0.1) is 0 Å². The summed E-state index contributed by atoms with van der Waals surface area (Å²) in [5.74, 6) is -0.553. The molecule has 0 spiro atoms. The summed E-state index contributed by atoms with van der Waals surface area (Å²) in [4.78, 5) is 30.6. The lowest BCUT2D eigenvalue weighted by molar-refractivity contribution is -0.119. The zero-order valence-corrected chi connectivity index (χ0v) is 12.4. The average Bonchev–Trinajstić information content (AvgIpc) is 2.96. The Kier molecular flexibility index (Phi) is 3.96. The minimum Gasteiger partial charge on any atom is -0.496 e. The van der Waals surface area contributed by atoms with Gasteiger partial charge in [0.05, 0.1) is 24.1 Å². The van der Waals surface area contributed by atoms with Crippen LogP contribution in [0.3, 0.4) is 0 Å². The molecule has 0 bridgehead atoms. The fraction of sp³-hybridized carbons (Fsp3) is 0.333. The van der Waals surface area contributed by atoms with Gasteiger partial charge in [-0.3, -0.25) is 4.79 Å². The molecule has 1 aliphatic heterocycles. The van der Waals surface area contributed by atoms with Crippen LogP contribution in [0.25, 0.3) is 10.9 Å². The number of aromatic carboxylic acids is 1. The molecule has 1 aromatic heterocycles. The molecule has 0 saturated carbocycles. The van der Waals surface area contributed by atoms with E-state index in [-0.39, 0.29) is 23.3 Å². The van der Waals surface area contributed by atoms with Crippen LogP contribution in [-0.2, 0) is 4.79 Å². The topological polar surface area (TPSA) is 111 Å². The lowest BCUT2D eigenvalue weighted by Gasteiger charge is -2.13. The van der Waals surface area contributed by atoms with E-state index < -0.39 is 5.97 Å². The van der Waals surface area contributed by atoms with Crippen LogP contribution in [0, 0.1) is 0 Å². The summed E-state index contributed by atoms with van der Waals surface area (Å²) in [6, 6.07) is 2.91. The van der Waals surface area contributed by atoms with Gasteiger partial charge in [-0.1, -0.05) is 0 Å². The molecular weight excluding hydrogens is 302 g/mol. The Labute approximate surface area is 131 Å². The number of amides is 1. The summed E-state index contributed by atoms with van der Waals surface area (Å²) in [6.45, 7) is 0.293. The van der Waals surface area contributed by atoms with Crippen molar-refractivity contribution in [2.24, 2.45) is 0 Å². The van der Waals surface area contributed by atoms with E-state index in [1.165, 1.54) is 19.5 Å². The van der Waals surface area contributed by atoms with Crippen molar-refractivity contribution in [1.82, 2.24) is 15.3 Å². The normalized spacial score (nSPS) is 17.1. The second-order valence-electron chi connectivity index (χ2n) is 5.17. The van der Waals surface area contributed by atoms with Crippen LogP contribution in [0.2, 0.25) is 0 Å². The highest BCUT2D eigenvalue weighted by molar-refractivity contribution is 5.97. The van der Waals surface area contributed by atoms with Crippen molar-refractivity contribution >= 4 is 22.8 Å². The fourth-order valence-corrected chi connectivity index (χ4v) is 2.49. The maximum Gasteiger partial charge on any atom is 0.339 e. The molecule has 1 fully saturated rings. The van der Waals surface area contributed by atoms with Crippen molar-refractivity contribution in [1.29, 1.82) is 0 Å². The Morgan fingerprint density at radius 3 is 2.91 bits per heavy atom. The average molecular weight is 317 g/mol. The molecular formula is C15H15N3O5. The van der Waals surface area contributed by atoms with Crippen molar-refractivity contribution in [3.05, 3.63) is 24.0 Å². The van der Waals surface area contributed by atoms with E-state index in [4.69, 9.17) is 9.47 Å². The summed E-state index contributed by atoms with van der Waals surface area (Å²) in [7, 11) is 1.39. The number of ether oxygens (including phenoxy) is 2. The van der Waals surface area contributed by atoms with E-state index >= 15 is 0 Å². The molecule has 2 heterocycles. The Hall–Kier alpha value is -2.90. The first-order chi connectivity index (χ1) is 11.1. The van der Waals surface area contributed by atoms with E-state index in [1.807, 2.05) is 0 Å². The molecule has 120 valence electrons. The van der Waals surface area contributed by atoms with E-state index in [2.05, 4.69) is 15.3 Å². The van der Waals surface area contributed by atoms with Crippen molar-refractivity contribution in [2.45, 2.75) is 18.9 Å². The fourth-order valence-electron chi connectivity index (χ4n) is 2.49. The number of nitrogens with zero attached hydrogens (tertiary/aromatic N) is 2. The highest BCUT2D eigenvalue weighted by Crippen LogP contribution is 2.29. The predicted molar refractivity (Wildman–Crippen MR) is 79.7 cm³/mol. The largest absolute Gasteiger partial charge is 0.496 e. The molecule has 1 atom stereocenters. The first-order valence-corrected chi connectivity index (χ1v) is 7.06. The molecule has 1 aliphatic rings. The zero-order chi connectivity index (χ0) is 16.4. The van der Waals surface area contributed by atoms with Gasteiger partial charge in [0.25, 0.3) is 0 Å². The molecule has 23 heavy (non-hydrogen) atoms. The van der Waals surface area contributed by atoms with Gasteiger partial charge in [0.1, 0.15) is 24.2 Å². The Balaban J connectivity index is 1.91. The molecule has 3 rings (SSSR count). The van der Waals surface area contributed by atoms with Crippen LogP contribution in [0.4, 0.5) is 0 Å². The molecule has 1 aromatic carbocycles. The van der Waals surface area contributed by atoms with Gasteiger partial charge in [0, 0.05) is 6.42 Å². The number of carboxylic acids is 1. The molecule has 1 amide bonds. The number of hydrogen-bond donors (Lipinski definition) is 2. The van der Waals surface area contributed by atoms with Gasteiger partial charge in [-0.25, -0.2) is 14.8 Å². The van der Waals surface area contributed by atoms with Crippen LogP contribution in [-0.4, -0.2) is 46.7 Å². The van der Waals surface area contributed by atoms with Gasteiger partial charge in [-0.2, -0.15) is 0 Å². The number of carbonyl (C=O) groups is 2. The number of fused-ring (bicyclic) bond motifs is 1. The van der Waals surface area contributed by atoms with Gasteiger partial charge in [-0.05, 0) is 18.6 Å². The number of aromatic nitrogens is 2. The highest BCUT2D eigenvalue weighted by Gasteiger charge is 2.22. The maximum atomic E-state index is 11.2. The molecule has 0 aliphatic carbocycles. The number of carbonyl (C=O) groups excluding carboxylic acids is 1. The van der Waals surface area contributed by atoms with Crippen LogP contribution in [0.5, 0.6) is 11.6 Å². The van der Waals surface area contributed by atoms with Crippen LogP contribution < -0.4 is 14.8 Å². The summed E-state index contributed by atoms with van der Waals surface area (Å²) in [6.07, 6.45) is 2.52. The van der Waals surface area contributed by atoms with Gasteiger partial charge in [0.15, 0.2) is 0 Å². The maximum absolute atomic E-state index is 11.2. The number of hydrogen-bond acceptors (Lipinski definition) is 6. The zero-order valence-electron chi connectivity index (χ0n) is 12.4. The number of carboxylic acid groups (broad SMARTS) is 1. The monoisotopic (exact) mass is 317 g/mol. The molecule has 2 aromatic rings. The summed E-state index contributed by atoms with van der Waals surface area (Å²) in [5, 5.41) is 12.6. The van der Waals surface area contributed by atoms with Gasteiger partial charge in [0.2, 0.25) is 11.8 Å². The third-order valence-electron chi connectivity index (χ3n) is 3.66. The molecule has 2 N–H and O–H groups in total. The molecule has 1 saturated heterocycles. The summed E-state index contributed by atoms with van der Waals surface area (Å²) < 4.78 is 10.8. The first-order valence-electron chi connectivity index (χ1n) is 7.06. The van der Waals surface area contributed by atoms with Crippen molar-refractivity contribution in [2.75, 3.05) is 13.7 Å².